The SMILES string of the molecule is CCOc1ccccc1CN[C@H]1CCCN(c2ncc[nH]c2=O)C1. The monoisotopic (exact) mass is 328 g/mol. The first-order valence-electron chi connectivity index (χ1n) is 8.50. The highest BCUT2D eigenvalue weighted by molar-refractivity contribution is 5.36. The number of para-hydroxylation sites is 1. The Morgan fingerprint density at radius 2 is 2.29 bits per heavy atom. The third-order valence-electron chi connectivity index (χ3n) is 4.26. The van der Waals surface area contributed by atoms with Gasteiger partial charge >= 0.3 is 0 Å². The Hall–Kier alpha value is -2.34. The number of hydrogen-bond acceptors (Lipinski definition) is 5. The fourth-order valence-electron chi connectivity index (χ4n) is 3.11. The molecule has 0 spiro atoms. The smallest absolute Gasteiger partial charge is 0.290 e. The van der Waals surface area contributed by atoms with Crippen LogP contribution in [0.1, 0.15) is 25.3 Å². The zero-order chi connectivity index (χ0) is 16.8. The number of nitrogens with zero attached hydrogens (tertiary/aromatic N) is 2. The predicted molar refractivity (Wildman–Crippen MR) is 94.5 cm³/mol. The number of nitrogens with one attached hydrogen (secondary N) is 2. The van der Waals surface area contributed by atoms with Crippen LogP contribution in [0.15, 0.2) is 41.5 Å². The number of ether oxygens (including phenoxy) is 1. The molecule has 2 N–H and O–H groups in total. The Morgan fingerprint density at radius 1 is 1.42 bits per heavy atom. The maximum absolute atomic E-state index is 11.9. The number of aromatic nitrogens is 2. The number of anilines is 1. The van der Waals surface area contributed by atoms with Crippen LogP contribution in [0.2, 0.25) is 0 Å². The van der Waals surface area contributed by atoms with Gasteiger partial charge in [0.2, 0.25) is 0 Å². The third kappa shape index (κ3) is 3.94. The van der Waals surface area contributed by atoms with Crippen LogP contribution in [-0.4, -0.2) is 35.7 Å². The number of rotatable bonds is 6. The summed E-state index contributed by atoms with van der Waals surface area (Å²) in [6.45, 7) is 5.07. The van der Waals surface area contributed by atoms with Crippen molar-refractivity contribution in [1.82, 2.24) is 15.3 Å². The Kier molecular flexibility index (Phi) is 5.48. The molecule has 1 saturated heterocycles. The van der Waals surface area contributed by atoms with Crippen LogP contribution < -0.4 is 20.5 Å². The van der Waals surface area contributed by atoms with Crippen molar-refractivity contribution in [2.75, 3.05) is 24.6 Å². The van der Waals surface area contributed by atoms with Gasteiger partial charge in [0.05, 0.1) is 6.61 Å². The van der Waals surface area contributed by atoms with Crippen LogP contribution in [0.3, 0.4) is 0 Å². The molecule has 0 aliphatic carbocycles. The summed E-state index contributed by atoms with van der Waals surface area (Å²) in [6.07, 6.45) is 5.33. The van der Waals surface area contributed by atoms with Gasteiger partial charge in [0.1, 0.15) is 5.75 Å². The minimum atomic E-state index is -0.125. The average molecular weight is 328 g/mol. The summed E-state index contributed by atoms with van der Waals surface area (Å²) in [7, 11) is 0. The molecule has 2 heterocycles. The lowest BCUT2D eigenvalue weighted by Crippen LogP contribution is -2.47. The molecule has 24 heavy (non-hydrogen) atoms. The topological polar surface area (TPSA) is 70.2 Å². The molecule has 2 aromatic rings. The summed E-state index contributed by atoms with van der Waals surface area (Å²) in [5.74, 6) is 1.44. The molecule has 0 saturated carbocycles. The van der Waals surface area contributed by atoms with Crippen LogP contribution >= 0.6 is 0 Å². The van der Waals surface area contributed by atoms with E-state index in [4.69, 9.17) is 4.74 Å². The zero-order valence-corrected chi connectivity index (χ0v) is 14.0. The van der Waals surface area contributed by atoms with Gasteiger partial charge in [-0.1, -0.05) is 18.2 Å². The van der Waals surface area contributed by atoms with Gasteiger partial charge in [-0.05, 0) is 25.8 Å². The summed E-state index contributed by atoms with van der Waals surface area (Å²) in [5, 5.41) is 3.59. The van der Waals surface area contributed by atoms with Crippen molar-refractivity contribution in [1.29, 1.82) is 0 Å². The first-order valence-corrected chi connectivity index (χ1v) is 8.50. The van der Waals surface area contributed by atoms with Crippen LogP contribution in [-0.2, 0) is 6.54 Å². The Morgan fingerprint density at radius 3 is 3.12 bits per heavy atom. The number of piperidine rings is 1. The quantitative estimate of drug-likeness (QED) is 0.848. The lowest BCUT2D eigenvalue weighted by atomic mass is 10.1. The highest BCUT2D eigenvalue weighted by Gasteiger charge is 2.22. The second kappa shape index (κ2) is 7.97. The van der Waals surface area contributed by atoms with Gasteiger partial charge in [0.15, 0.2) is 5.82 Å². The molecule has 0 radical (unpaired) electrons. The standard InChI is InChI=1S/C18H24N4O2/c1-2-24-16-8-4-3-6-14(16)12-21-15-7-5-11-22(13-15)17-18(23)20-10-9-19-17/h3-4,6,8-10,15,21H,2,5,7,11-13H2,1H3,(H,20,23)/t15-/m0/s1. The minimum Gasteiger partial charge on any atom is -0.494 e. The van der Waals surface area contributed by atoms with Crippen molar-refractivity contribution in [3.05, 3.63) is 52.6 Å². The van der Waals surface area contributed by atoms with Gasteiger partial charge in [-0.3, -0.25) is 4.79 Å². The van der Waals surface area contributed by atoms with E-state index < -0.39 is 0 Å². The van der Waals surface area contributed by atoms with Gasteiger partial charge in [0.25, 0.3) is 5.56 Å². The number of hydrogen-bond donors (Lipinski definition) is 2. The Labute approximate surface area is 141 Å². The van der Waals surface area contributed by atoms with Crippen molar-refractivity contribution < 1.29 is 4.74 Å². The summed E-state index contributed by atoms with van der Waals surface area (Å²) in [5.41, 5.74) is 1.03. The fourth-order valence-corrected chi connectivity index (χ4v) is 3.11. The summed E-state index contributed by atoms with van der Waals surface area (Å²) in [4.78, 5) is 20.9. The van der Waals surface area contributed by atoms with Crippen molar-refractivity contribution in [3.63, 3.8) is 0 Å². The molecule has 0 unspecified atom stereocenters. The van der Waals surface area contributed by atoms with Gasteiger partial charge in [-0.2, -0.15) is 0 Å². The van der Waals surface area contributed by atoms with E-state index in [1.165, 1.54) is 0 Å². The molecule has 1 aromatic carbocycles. The van der Waals surface area contributed by atoms with Crippen molar-refractivity contribution in [3.8, 4) is 5.75 Å². The second-order valence-electron chi connectivity index (χ2n) is 5.95. The molecular weight excluding hydrogens is 304 g/mol. The Balaban J connectivity index is 1.62. The fraction of sp³-hybridized carbons (Fsp3) is 0.444. The summed E-state index contributed by atoms with van der Waals surface area (Å²) < 4.78 is 5.68. The summed E-state index contributed by atoms with van der Waals surface area (Å²) >= 11 is 0. The first-order chi connectivity index (χ1) is 11.8. The molecule has 1 fully saturated rings. The van der Waals surface area contributed by atoms with Crippen LogP contribution in [0, 0.1) is 0 Å². The maximum atomic E-state index is 11.9. The second-order valence-corrected chi connectivity index (χ2v) is 5.95. The van der Waals surface area contributed by atoms with E-state index in [1.54, 1.807) is 12.4 Å². The largest absolute Gasteiger partial charge is 0.494 e. The molecule has 0 bridgehead atoms. The molecule has 6 heteroatoms. The number of benzene rings is 1. The van der Waals surface area contributed by atoms with E-state index in [0.717, 1.165) is 43.8 Å². The highest BCUT2D eigenvalue weighted by Crippen LogP contribution is 2.19. The van der Waals surface area contributed by atoms with Crippen molar-refractivity contribution >= 4 is 5.82 Å². The van der Waals surface area contributed by atoms with Crippen LogP contribution in [0.4, 0.5) is 5.82 Å². The normalized spacial score (nSPS) is 17.7. The van der Waals surface area contributed by atoms with Gasteiger partial charge in [-0.25, -0.2) is 4.98 Å². The third-order valence-corrected chi connectivity index (χ3v) is 4.26. The highest BCUT2D eigenvalue weighted by atomic mass is 16.5. The molecule has 1 atom stereocenters. The van der Waals surface area contributed by atoms with E-state index >= 15 is 0 Å². The van der Waals surface area contributed by atoms with Crippen molar-refractivity contribution in [2.45, 2.75) is 32.4 Å². The molecule has 3 rings (SSSR count). The number of aromatic amines is 1. The molecule has 1 aliphatic rings. The summed E-state index contributed by atoms with van der Waals surface area (Å²) in [6, 6.07) is 8.43. The molecule has 1 aliphatic heterocycles. The minimum absolute atomic E-state index is 0.125. The van der Waals surface area contributed by atoms with E-state index in [1.807, 2.05) is 25.1 Å². The van der Waals surface area contributed by atoms with Crippen molar-refractivity contribution in [2.24, 2.45) is 0 Å². The van der Waals surface area contributed by atoms with E-state index in [9.17, 15) is 4.79 Å². The molecule has 0 amide bonds. The molecule has 1 aromatic heterocycles. The van der Waals surface area contributed by atoms with Crippen LogP contribution in [0.5, 0.6) is 5.75 Å². The van der Waals surface area contributed by atoms with Gasteiger partial charge in [-0.15, -0.1) is 0 Å². The van der Waals surface area contributed by atoms with Gasteiger partial charge < -0.3 is 19.9 Å². The van der Waals surface area contributed by atoms with E-state index in [0.29, 0.717) is 18.5 Å². The molecule has 128 valence electrons. The predicted octanol–water partition coefficient (Wildman–Crippen LogP) is 1.93. The van der Waals surface area contributed by atoms with Crippen LogP contribution in [0.25, 0.3) is 0 Å². The lowest BCUT2D eigenvalue weighted by molar-refractivity contribution is 0.333. The van der Waals surface area contributed by atoms with Gasteiger partial charge in [0, 0.05) is 43.6 Å². The molecular formula is C18H24N4O2. The Bertz CT molecular complexity index is 716. The zero-order valence-electron chi connectivity index (χ0n) is 14.0. The molecule has 6 nitrogen and oxygen atoms in total. The van der Waals surface area contributed by atoms with E-state index in [2.05, 4.69) is 26.3 Å². The van der Waals surface area contributed by atoms with E-state index in [-0.39, 0.29) is 5.56 Å². The first kappa shape index (κ1) is 16.5. The maximum Gasteiger partial charge on any atom is 0.290 e. The lowest BCUT2D eigenvalue weighted by Gasteiger charge is -2.33. The average Bonchev–Trinajstić information content (AvgIpc) is 2.62. The number of H-pyrrole nitrogens is 1.